The fourth-order valence-electron chi connectivity index (χ4n) is 2.69. The molecule has 1 heterocycles. The van der Waals surface area contributed by atoms with E-state index in [0.29, 0.717) is 31.9 Å². The van der Waals surface area contributed by atoms with E-state index in [1.54, 1.807) is 0 Å². The number of carbonyl (C=O) groups excluding carboxylic acids is 2. The van der Waals surface area contributed by atoms with E-state index in [1.165, 1.54) is 12.1 Å². The third-order valence-electron chi connectivity index (χ3n) is 4.24. The van der Waals surface area contributed by atoms with Crippen LogP contribution in [0, 0.1) is 11.7 Å². The number of anilines is 1. The molecule has 1 fully saturated rings. The summed E-state index contributed by atoms with van der Waals surface area (Å²) in [7, 11) is 0. The monoisotopic (exact) mass is 355 g/mol. The highest BCUT2D eigenvalue weighted by molar-refractivity contribution is 6.33. The zero-order valence-corrected chi connectivity index (χ0v) is 14.9. The Kier molecular flexibility index (Phi) is 6.18. The highest BCUT2D eigenvalue weighted by Gasteiger charge is 2.28. The molecule has 0 aliphatic carbocycles. The minimum atomic E-state index is -0.447. The van der Waals surface area contributed by atoms with Crippen LogP contribution in [0.4, 0.5) is 10.1 Å². The Balaban J connectivity index is 1.91. The molecule has 5 nitrogen and oxygen atoms in total. The SMILES string of the molecule is CC(C)C(=O)N1CCN([C@@H](C)C(=O)Nc2ccc(F)cc2Cl)CC1. The van der Waals surface area contributed by atoms with Crippen LogP contribution in [0.25, 0.3) is 0 Å². The van der Waals surface area contributed by atoms with Crippen molar-refractivity contribution in [2.75, 3.05) is 31.5 Å². The second-order valence-corrected chi connectivity index (χ2v) is 6.71. The largest absolute Gasteiger partial charge is 0.340 e. The first-order chi connectivity index (χ1) is 11.3. The number of nitrogens with zero attached hydrogens (tertiary/aromatic N) is 2. The maximum atomic E-state index is 13.1. The quantitative estimate of drug-likeness (QED) is 0.903. The lowest BCUT2D eigenvalue weighted by molar-refractivity contribution is -0.136. The number of piperazine rings is 1. The average molecular weight is 356 g/mol. The van der Waals surface area contributed by atoms with Crippen molar-refractivity contribution in [2.45, 2.75) is 26.8 Å². The minimum absolute atomic E-state index is 0.0158. The molecule has 0 spiro atoms. The second kappa shape index (κ2) is 7.94. The Bertz CT molecular complexity index is 616. The summed E-state index contributed by atoms with van der Waals surface area (Å²) in [5.41, 5.74) is 0.392. The first-order valence-corrected chi connectivity index (χ1v) is 8.46. The summed E-state index contributed by atoms with van der Waals surface area (Å²) < 4.78 is 13.1. The van der Waals surface area contributed by atoms with E-state index in [4.69, 9.17) is 11.6 Å². The number of amides is 2. The number of nitrogens with one attached hydrogen (secondary N) is 1. The number of hydrogen-bond donors (Lipinski definition) is 1. The molecule has 1 atom stereocenters. The van der Waals surface area contributed by atoms with Crippen molar-refractivity contribution in [3.8, 4) is 0 Å². The molecule has 24 heavy (non-hydrogen) atoms. The lowest BCUT2D eigenvalue weighted by Crippen LogP contribution is -2.54. The highest BCUT2D eigenvalue weighted by Crippen LogP contribution is 2.23. The minimum Gasteiger partial charge on any atom is -0.340 e. The van der Waals surface area contributed by atoms with E-state index in [1.807, 2.05) is 30.6 Å². The smallest absolute Gasteiger partial charge is 0.241 e. The van der Waals surface area contributed by atoms with Gasteiger partial charge in [0.2, 0.25) is 11.8 Å². The second-order valence-electron chi connectivity index (χ2n) is 6.31. The molecule has 1 aromatic carbocycles. The summed E-state index contributed by atoms with van der Waals surface area (Å²) in [6.45, 7) is 8.10. The van der Waals surface area contributed by atoms with Gasteiger partial charge in [-0.3, -0.25) is 14.5 Å². The van der Waals surface area contributed by atoms with Crippen molar-refractivity contribution in [3.05, 3.63) is 29.0 Å². The van der Waals surface area contributed by atoms with E-state index in [0.717, 1.165) is 6.07 Å². The molecule has 0 aromatic heterocycles. The van der Waals surface area contributed by atoms with E-state index >= 15 is 0 Å². The van der Waals surface area contributed by atoms with Crippen LogP contribution in [0.2, 0.25) is 5.02 Å². The summed E-state index contributed by atoms with van der Waals surface area (Å²) >= 11 is 5.94. The predicted molar refractivity (Wildman–Crippen MR) is 92.5 cm³/mol. The van der Waals surface area contributed by atoms with Gasteiger partial charge in [0, 0.05) is 32.1 Å². The van der Waals surface area contributed by atoms with Gasteiger partial charge in [-0.2, -0.15) is 0 Å². The molecule has 0 unspecified atom stereocenters. The lowest BCUT2D eigenvalue weighted by atomic mass is 10.1. The Labute approximate surface area is 146 Å². The van der Waals surface area contributed by atoms with Gasteiger partial charge >= 0.3 is 0 Å². The van der Waals surface area contributed by atoms with Crippen molar-refractivity contribution >= 4 is 29.1 Å². The first-order valence-electron chi connectivity index (χ1n) is 8.08. The Morgan fingerprint density at radius 2 is 1.79 bits per heavy atom. The molecule has 1 aromatic rings. The fraction of sp³-hybridized carbons (Fsp3) is 0.529. The number of benzene rings is 1. The Hall–Kier alpha value is -1.66. The van der Waals surface area contributed by atoms with Crippen molar-refractivity contribution in [1.82, 2.24) is 9.80 Å². The van der Waals surface area contributed by atoms with E-state index in [2.05, 4.69) is 5.32 Å². The molecule has 0 radical (unpaired) electrons. The standard InChI is InChI=1S/C17H23ClFN3O2/c1-11(2)17(24)22-8-6-21(7-9-22)12(3)16(23)20-15-5-4-13(19)10-14(15)18/h4-5,10-12H,6-9H2,1-3H3,(H,20,23)/t12-/m0/s1. The fourth-order valence-corrected chi connectivity index (χ4v) is 2.90. The molecule has 132 valence electrons. The van der Waals surface area contributed by atoms with Crippen LogP contribution in [0.15, 0.2) is 18.2 Å². The summed E-state index contributed by atoms with van der Waals surface area (Å²) in [5.74, 6) is -0.521. The van der Waals surface area contributed by atoms with E-state index < -0.39 is 5.82 Å². The van der Waals surface area contributed by atoms with Gasteiger partial charge in [0.25, 0.3) is 0 Å². The highest BCUT2D eigenvalue weighted by atomic mass is 35.5. The lowest BCUT2D eigenvalue weighted by Gasteiger charge is -2.38. The molecular formula is C17H23ClFN3O2. The average Bonchev–Trinajstić information content (AvgIpc) is 2.56. The molecule has 1 saturated heterocycles. The number of rotatable bonds is 4. The van der Waals surface area contributed by atoms with Crippen LogP contribution in [0.3, 0.4) is 0 Å². The molecule has 1 N–H and O–H groups in total. The third kappa shape index (κ3) is 4.45. The van der Waals surface area contributed by atoms with Crippen molar-refractivity contribution in [2.24, 2.45) is 5.92 Å². The molecule has 2 amide bonds. The van der Waals surface area contributed by atoms with Crippen LogP contribution in [0.5, 0.6) is 0 Å². The van der Waals surface area contributed by atoms with Gasteiger partial charge in [0.15, 0.2) is 0 Å². The maximum absolute atomic E-state index is 13.1. The molecule has 0 bridgehead atoms. The van der Waals surface area contributed by atoms with E-state index in [9.17, 15) is 14.0 Å². The topological polar surface area (TPSA) is 52.7 Å². The predicted octanol–water partition coefficient (Wildman–Crippen LogP) is 2.61. The van der Waals surface area contributed by atoms with Crippen molar-refractivity contribution in [1.29, 1.82) is 0 Å². The molecule has 0 saturated carbocycles. The number of carbonyl (C=O) groups is 2. The summed E-state index contributed by atoms with van der Waals surface area (Å²) in [5, 5.41) is 2.90. The molecular weight excluding hydrogens is 333 g/mol. The van der Waals surface area contributed by atoms with Gasteiger partial charge in [-0.25, -0.2) is 4.39 Å². The van der Waals surface area contributed by atoms with Crippen LogP contribution in [0.1, 0.15) is 20.8 Å². The normalized spacial score (nSPS) is 17.0. The van der Waals surface area contributed by atoms with Crippen LogP contribution in [-0.2, 0) is 9.59 Å². The summed E-state index contributed by atoms with van der Waals surface area (Å²) in [6, 6.07) is 3.50. The molecule has 1 aliphatic heterocycles. The van der Waals surface area contributed by atoms with E-state index in [-0.39, 0.29) is 28.8 Å². The summed E-state index contributed by atoms with van der Waals surface area (Å²) in [6.07, 6.45) is 0. The zero-order valence-electron chi connectivity index (χ0n) is 14.2. The van der Waals surface area contributed by atoms with Gasteiger partial charge in [-0.1, -0.05) is 25.4 Å². The van der Waals surface area contributed by atoms with Gasteiger partial charge in [0.1, 0.15) is 5.82 Å². The summed E-state index contributed by atoms with van der Waals surface area (Å²) in [4.78, 5) is 28.2. The maximum Gasteiger partial charge on any atom is 0.241 e. The Morgan fingerprint density at radius 1 is 1.17 bits per heavy atom. The zero-order chi connectivity index (χ0) is 17.9. The van der Waals surface area contributed by atoms with Crippen LogP contribution >= 0.6 is 11.6 Å². The molecule has 7 heteroatoms. The Morgan fingerprint density at radius 3 is 2.33 bits per heavy atom. The van der Waals surface area contributed by atoms with Gasteiger partial charge in [-0.05, 0) is 25.1 Å². The van der Waals surface area contributed by atoms with Gasteiger partial charge in [0.05, 0.1) is 16.8 Å². The number of hydrogen-bond acceptors (Lipinski definition) is 3. The van der Waals surface area contributed by atoms with Crippen molar-refractivity contribution < 1.29 is 14.0 Å². The molecule has 2 rings (SSSR count). The van der Waals surface area contributed by atoms with Gasteiger partial charge in [-0.15, -0.1) is 0 Å². The molecule has 1 aliphatic rings. The third-order valence-corrected chi connectivity index (χ3v) is 4.55. The van der Waals surface area contributed by atoms with Gasteiger partial charge < -0.3 is 10.2 Å². The first kappa shape index (κ1) is 18.7. The van der Waals surface area contributed by atoms with Crippen LogP contribution in [-0.4, -0.2) is 53.8 Å². The van der Waals surface area contributed by atoms with Crippen LogP contribution < -0.4 is 5.32 Å². The number of halogens is 2. The van der Waals surface area contributed by atoms with Crippen molar-refractivity contribution in [3.63, 3.8) is 0 Å².